The molecule has 0 N–H and O–H groups in total. The highest BCUT2D eigenvalue weighted by Gasteiger charge is 2.32. The molecule has 0 radical (unpaired) electrons. The lowest BCUT2D eigenvalue weighted by atomic mass is 9.99. The summed E-state index contributed by atoms with van der Waals surface area (Å²) < 4.78 is 7.56. The molecule has 0 bridgehead atoms. The average Bonchev–Trinajstić information content (AvgIpc) is 3.21. The fourth-order valence-corrected chi connectivity index (χ4v) is 3.87. The van der Waals surface area contributed by atoms with Crippen LogP contribution in [0.5, 0.6) is 0 Å². The number of carbonyl (C=O) groups excluding carboxylic acids is 1. The van der Waals surface area contributed by atoms with E-state index in [9.17, 15) is 4.79 Å². The minimum Gasteiger partial charge on any atom is -0.365 e. The molecule has 1 atom stereocenters. The SMILES string of the molecule is O=C(C1CN(c2ccn3nccc3n2)CCO1)N1CCc2ccccc2C1. The number of hydrogen-bond acceptors (Lipinski definition) is 5. The van der Waals surface area contributed by atoms with Crippen molar-refractivity contribution in [1.82, 2.24) is 19.5 Å². The largest absolute Gasteiger partial charge is 0.365 e. The van der Waals surface area contributed by atoms with Crippen LogP contribution >= 0.6 is 0 Å². The Bertz CT molecular complexity index is 985. The van der Waals surface area contributed by atoms with Gasteiger partial charge in [0.15, 0.2) is 11.8 Å². The van der Waals surface area contributed by atoms with Gasteiger partial charge in [0.2, 0.25) is 0 Å². The molecule has 1 aromatic carbocycles. The average molecular weight is 363 g/mol. The van der Waals surface area contributed by atoms with Gasteiger partial charge in [0.25, 0.3) is 5.91 Å². The van der Waals surface area contributed by atoms with Gasteiger partial charge in [-0.2, -0.15) is 5.10 Å². The van der Waals surface area contributed by atoms with Crippen molar-refractivity contribution in [2.24, 2.45) is 0 Å². The van der Waals surface area contributed by atoms with Crippen LogP contribution in [-0.2, 0) is 22.5 Å². The number of morpholine rings is 1. The summed E-state index contributed by atoms with van der Waals surface area (Å²) in [5, 5.41) is 4.18. The smallest absolute Gasteiger partial charge is 0.253 e. The van der Waals surface area contributed by atoms with Crippen LogP contribution in [0, 0.1) is 0 Å². The van der Waals surface area contributed by atoms with E-state index in [4.69, 9.17) is 4.74 Å². The summed E-state index contributed by atoms with van der Waals surface area (Å²) in [7, 11) is 0. The Kier molecular flexibility index (Phi) is 4.01. The zero-order valence-electron chi connectivity index (χ0n) is 15.0. The number of amides is 1. The van der Waals surface area contributed by atoms with E-state index in [0.717, 1.165) is 31.0 Å². The molecule has 27 heavy (non-hydrogen) atoms. The summed E-state index contributed by atoms with van der Waals surface area (Å²) >= 11 is 0. The van der Waals surface area contributed by atoms with E-state index in [1.165, 1.54) is 11.1 Å². The Morgan fingerprint density at radius 1 is 1.11 bits per heavy atom. The van der Waals surface area contributed by atoms with Crippen LogP contribution in [0.4, 0.5) is 5.82 Å². The lowest BCUT2D eigenvalue weighted by Crippen LogP contribution is -2.52. The van der Waals surface area contributed by atoms with Crippen molar-refractivity contribution < 1.29 is 9.53 Å². The highest BCUT2D eigenvalue weighted by atomic mass is 16.5. The lowest BCUT2D eigenvalue weighted by Gasteiger charge is -2.37. The van der Waals surface area contributed by atoms with Crippen LogP contribution in [0.2, 0.25) is 0 Å². The molecule has 138 valence electrons. The van der Waals surface area contributed by atoms with Gasteiger partial charge in [-0.3, -0.25) is 4.79 Å². The van der Waals surface area contributed by atoms with Gasteiger partial charge >= 0.3 is 0 Å². The van der Waals surface area contributed by atoms with Gasteiger partial charge in [-0.05, 0) is 23.6 Å². The molecule has 0 aliphatic carbocycles. The minimum absolute atomic E-state index is 0.0691. The molecular formula is C20H21N5O2. The molecule has 2 aliphatic rings. The van der Waals surface area contributed by atoms with E-state index in [1.807, 2.05) is 29.3 Å². The zero-order valence-corrected chi connectivity index (χ0v) is 15.0. The number of benzene rings is 1. The van der Waals surface area contributed by atoms with Gasteiger partial charge in [-0.25, -0.2) is 9.50 Å². The topological polar surface area (TPSA) is 63.0 Å². The van der Waals surface area contributed by atoms with Crippen LogP contribution < -0.4 is 4.90 Å². The predicted octanol–water partition coefficient (Wildman–Crippen LogP) is 1.52. The molecule has 1 saturated heterocycles. The molecular weight excluding hydrogens is 342 g/mol. The van der Waals surface area contributed by atoms with Gasteiger partial charge in [0.05, 0.1) is 19.3 Å². The first-order valence-corrected chi connectivity index (χ1v) is 9.30. The first kappa shape index (κ1) is 16.3. The number of nitrogens with zero attached hydrogens (tertiary/aromatic N) is 5. The summed E-state index contributed by atoms with van der Waals surface area (Å²) in [5.41, 5.74) is 3.37. The summed E-state index contributed by atoms with van der Waals surface area (Å²) in [4.78, 5) is 21.7. The fraction of sp³-hybridized carbons (Fsp3) is 0.350. The van der Waals surface area contributed by atoms with E-state index in [0.29, 0.717) is 19.7 Å². The molecule has 0 spiro atoms. The maximum absolute atomic E-state index is 13.1. The number of aromatic nitrogens is 3. The molecule has 0 saturated carbocycles. The lowest BCUT2D eigenvalue weighted by molar-refractivity contribution is -0.145. The molecule has 7 nitrogen and oxygen atoms in total. The van der Waals surface area contributed by atoms with Crippen molar-refractivity contribution in [2.75, 3.05) is 31.1 Å². The van der Waals surface area contributed by atoms with Crippen molar-refractivity contribution in [1.29, 1.82) is 0 Å². The third-order valence-corrected chi connectivity index (χ3v) is 5.35. The van der Waals surface area contributed by atoms with Crippen molar-refractivity contribution in [3.05, 3.63) is 59.9 Å². The van der Waals surface area contributed by atoms with Gasteiger partial charge in [-0.15, -0.1) is 0 Å². The van der Waals surface area contributed by atoms with Crippen LogP contribution in [0.1, 0.15) is 11.1 Å². The van der Waals surface area contributed by atoms with Crippen molar-refractivity contribution >= 4 is 17.4 Å². The van der Waals surface area contributed by atoms with Gasteiger partial charge in [-0.1, -0.05) is 24.3 Å². The van der Waals surface area contributed by atoms with Crippen molar-refractivity contribution in [2.45, 2.75) is 19.1 Å². The minimum atomic E-state index is -0.452. The molecule has 1 amide bonds. The number of ether oxygens (including phenoxy) is 1. The Balaban J connectivity index is 1.31. The highest BCUT2D eigenvalue weighted by molar-refractivity contribution is 5.82. The molecule has 5 rings (SSSR count). The molecule has 1 unspecified atom stereocenters. The molecule has 2 aromatic heterocycles. The highest BCUT2D eigenvalue weighted by Crippen LogP contribution is 2.22. The molecule has 7 heteroatoms. The third-order valence-electron chi connectivity index (χ3n) is 5.35. The number of anilines is 1. The van der Waals surface area contributed by atoms with Gasteiger partial charge in [0, 0.05) is 31.9 Å². The number of fused-ring (bicyclic) bond motifs is 2. The van der Waals surface area contributed by atoms with Crippen LogP contribution in [0.15, 0.2) is 48.8 Å². The Labute approximate surface area is 157 Å². The van der Waals surface area contributed by atoms with Crippen molar-refractivity contribution in [3.63, 3.8) is 0 Å². The second-order valence-corrected chi connectivity index (χ2v) is 7.00. The first-order chi connectivity index (χ1) is 13.3. The van der Waals surface area contributed by atoms with E-state index >= 15 is 0 Å². The van der Waals surface area contributed by atoms with E-state index in [2.05, 4.69) is 33.2 Å². The van der Waals surface area contributed by atoms with Crippen LogP contribution in [0.25, 0.3) is 5.65 Å². The number of carbonyl (C=O) groups is 1. The van der Waals surface area contributed by atoms with E-state index in [-0.39, 0.29) is 5.91 Å². The van der Waals surface area contributed by atoms with Crippen LogP contribution in [-0.4, -0.2) is 57.8 Å². The Morgan fingerprint density at radius 2 is 2.00 bits per heavy atom. The second kappa shape index (κ2) is 6.66. The van der Waals surface area contributed by atoms with Gasteiger partial charge in [0.1, 0.15) is 5.82 Å². The molecule has 4 heterocycles. The third kappa shape index (κ3) is 3.04. The molecule has 1 fully saturated rings. The summed E-state index contributed by atoms with van der Waals surface area (Å²) in [6.45, 7) is 3.18. The number of hydrogen-bond donors (Lipinski definition) is 0. The maximum atomic E-state index is 13.1. The summed E-state index contributed by atoms with van der Waals surface area (Å²) in [5.74, 6) is 0.924. The van der Waals surface area contributed by atoms with E-state index in [1.54, 1.807) is 10.7 Å². The molecule has 3 aromatic rings. The standard InChI is InChI=1S/C20H21N5O2/c26-20(24-9-6-15-3-1-2-4-16(15)13-24)17-14-23(11-12-27-17)18-7-10-25-19(22-18)5-8-21-25/h1-5,7-8,10,17H,6,9,11-14H2. The Morgan fingerprint density at radius 3 is 2.93 bits per heavy atom. The summed E-state index contributed by atoms with van der Waals surface area (Å²) in [6, 6.07) is 12.1. The van der Waals surface area contributed by atoms with Crippen molar-refractivity contribution in [3.8, 4) is 0 Å². The zero-order chi connectivity index (χ0) is 18.2. The first-order valence-electron chi connectivity index (χ1n) is 9.30. The molecule has 2 aliphatic heterocycles. The summed E-state index contributed by atoms with van der Waals surface area (Å²) in [6.07, 6.45) is 4.07. The van der Waals surface area contributed by atoms with E-state index < -0.39 is 6.10 Å². The monoisotopic (exact) mass is 363 g/mol. The number of rotatable bonds is 2. The maximum Gasteiger partial charge on any atom is 0.253 e. The Hall–Kier alpha value is -2.93. The van der Waals surface area contributed by atoms with Crippen LogP contribution in [0.3, 0.4) is 0 Å². The van der Waals surface area contributed by atoms with Gasteiger partial charge < -0.3 is 14.5 Å². The second-order valence-electron chi connectivity index (χ2n) is 7.00. The normalized spacial score (nSPS) is 19.9. The quantitative estimate of drug-likeness (QED) is 0.691. The predicted molar refractivity (Wildman–Crippen MR) is 101 cm³/mol. The fourth-order valence-electron chi connectivity index (χ4n) is 3.87.